The monoisotopic (exact) mass is 432 g/mol. The molecular formula is C18H32F8O2. The number of hydrogen-bond donors (Lipinski definition) is 0. The van der Waals surface area contributed by atoms with E-state index in [0.717, 1.165) is 13.8 Å². The van der Waals surface area contributed by atoms with Gasteiger partial charge < -0.3 is 9.47 Å². The first kappa shape index (κ1) is 29.6. The highest BCUT2D eigenvalue weighted by Gasteiger charge is 2.58. The van der Waals surface area contributed by atoms with Crippen molar-refractivity contribution in [3.63, 3.8) is 0 Å². The first-order valence-electron chi connectivity index (χ1n) is 9.53. The fourth-order valence-electron chi connectivity index (χ4n) is 1.82. The van der Waals surface area contributed by atoms with E-state index in [4.69, 9.17) is 0 Å². The maximum atomic E-state index is 12.8. The minimum absolute atomic E-state index is 0.768. The molecule has 0 atom stereocenters. The van der Waals surface area contributed by atoms with Crippen LogP contribution in [-0.2, 0) is 9.47 Å². The molecule has 0 aliphatic carbocycles. The lowest BCUT2D eigenvalue weighted by atomic mass is 10.1. The van der Waals surface area contributed by atoms with Gasteiger partial charge in [0.15, 0.2) is 0 Å². The summed E-state index contributed by atoms with van der Waals surface area (Å²) in [4.78, 5) is 0. The second-order valence-electron chi connectivity index (χ2n) is 6.26. The Morgan fingerprint density at radius 1 is 0.500 bits per heavy atom. The van der Waals surface area contributed by atoms with Crippen molar-refractivity contribution < 1.29 is 44.6 Å². The van der Waals surface area contributed by atoms with Gasteiger partial charge in [-0.3, -0.25) is 0 Å². The lowest BCUT2D eigenvalue weighted by molar-refractivity contribution is -0.371. The van der Waals surface area contributed by atoms with Crippen LogP contribution in [0.15, 0.2) is 0 Å². The highest BCUT2D eigenvalue weighted by molar-refractivity contribution is 4.76. The van der Waals surface area contributed by atoms with E-state index < -0.39 is 50.1 Å². The van der Waals surface area contributed by atoms with Crippen molar-refractivity contribution in [2.24, 2.45) is 0 Å². The number of unbranched alkanes of at least 4 members (excludes halogenated alkanes) is 5. The quantitative estimate of drug-likeness (QED) is 0.207. The second-order valence-corrected chi connectivity index (χ2v) is 6.26. The number of hydrogen-bond acceptors (Lipinski definition) is 2. The Hall–Kier alpha value is -0.640. The van der Waals surface area contributed by atoms with Crippen LogP contribution in [0.3, 0.4) is 0 Å². The van der Waals surface area contributed by atoms with E-state index in [0.29, 0.717) is 0 Å². The molecular weight excluding hydrogens is 400 g/mol. The molecule has 0 bridgehead atoms. The molecule has 0 heterocycles. The normalized spacial score (nSPS) is 13.3. The van der Waals surface area contributed by atoms with Gasteiger partial charge in [-0.15, -0.1) is 0 Å². The summed E-state index contributed by atoms with van der Waals surface area (Å²) < 4.78 is 109. The van der Waals surface area contributed by atoms with Crippen molar-refractivity contribution in [3.8, 4) is 0 Å². The zero-order valence-electron chi connectivity index (χ0n) is 16.9. The van der Waals surface area contributed by atoms with E-state index >= 15 is 0 Å². The Bertz CT molecular complexity index is 354. The molecule has 0 aliphatic rings. The molecule has 0 N–H and O–H groups in total. The lowest BCUT2D eigenvalue weighted by Gasteiger charge is -2.27. The van der Waals surface area contributed by atoms with Crippen LogP contribution in [0.2, 0.25) is 0 Å². The van der Waals surface area contributed by atoms with Gasteiger partial charge in [-0.05, 0) is 0 Å². The summed E-state index contributed by atoms with van der Waals surface area (Å²) in [5.74, 6) is -8.99. The number of halogens is 8. The fourth-order valence-corrected chi connectivity index (χ4v) is 1.82. The van der Waals surface area contributed by atoms with Crippen LogP contribution in [0.4, 0.5) is 35.1 Å². The first-order chi connectivity index (χ1) is 12.7. The zero-order valence-corrected chi connectivity index (χ0v) is 16.9. The van der Waals surface area contributed by atoms with Gasteiger partial charge in [0.25, 0.3) is 0 Å². The summed E-state index contributed by atoms with van der Waals surface area (Å²) in [5.41, 5.74) is 0. The van der Waals surface area contributed by atoms with Crippen LogP contribution in [-0.4, -0.2) is 37.3 Å². The largest absolute Gasteiger partial charge is 0.419 e. The molecule has 0 aromatic rings. The summed E-state index contributed by atoms with van der Waals surface area (Å²) in [6.45, 7) is 3.27. The van der Waals surface area contributed by atoms with Gasteiger partial charge in [-0.1, -0.05) is 66.2 Å². The minimum atomic E-state index is -4.90. The van der Waals surface area contributed by atoms with Crippen LogP contribution in [0.25, 0.3) is 0 Å². The van der Waals surface area contributed by atoms with Crippen LogP contribution < -0.4 is 0 Å². The Morgan fingerprint density at radius 3 is 1.00 bits per heavy atom. The van der Waals surface area contributed by atoms with Gasteiger partial charge in [-0.25, -0.2) is 0 Å². The van der Waals surface area contributed by atoms with Gasteiger partial charge in [0.2, 0.25) is 0 Å². The standard InChI is InChI=1S/C10H14F8O2.C8H18/c1-3-7(11,12)9(15,16)19-5-6-20-10(17,18)8(13,14)4-2;1-3-5-7-8-6-4-2/h3-6H2,1-2H3;3-8H2,1-2H3. The van der Waals surface area contributed by atoms with Gasteiger partial charge in [0.1, 0.15) is 0 Å². The van der Waals surface area contributed by atoms with E-state index in [2.05, 4.69) is 23.3 Å². The van der Waals surface area contributed by atoms with Gasteiger partial charge in [-0.2, -0.15) is 35.1 Å². The molecule has 0 amide bonds. The smallest absolute Gasteiger partial charge is 0.313 e. The predicted octanol–water partition coefficient (Wildman–Crippen LogP) is 7.66. The van der Waals surface area contributed by atoms with Crippen molar-refractivity contribution in [1.29, 1.82) is 0 Å². The average molecular weight is 432 g/mol. The zero-order chi connectivity index (χ0) is 22.5. The molecule has 172 valence electrons. The van der Waals surface area contributed by atoms with Crippen LogP contribution in [0.5, 0.6) is 0 Å². The average Bonchev–Trinajstić information content (AvgIpc) is 2.62. The second kappa shape index (κ2) is 13.6. The molecule has 0 fully saturated rings. The summed E-state index contributed by atoms with van der Waals surface area (Å²) >= 11 is 0. The Balaban J connectivity index is 0. The molecule has 28 heavy (non-hydrogen) atoms. The molecule has 0 aromatic heterocycles. The van der Waals surface area contributed by atoms with Crippen LogP contribution >= 0.6 is 0 Å². The molecule has 0 radical (unpaired) electrons. The fraction of sp³-hybridized carbons (Fsp3) is 1.00. The molecule has 0 unspecified atom stereocenters. The Kier molecular flexibility index (Phi) is 14.3. The Labute approximate surface area is 162 Å². The summed E-state index contributed by atoms with van der Waals surface area (Å²) in [6.07, 6.45) is -3.79. The van der Waals surface area contributed by atoms with Gasteiger partial charge in [0.05, 0.1) is 13.2 Å². The van der Waals surface area contributed by atoms with E-state index in [-0.39, 0.29) is 0 Å². The SMILES string of the molecule is CCC(F)(F)C(F)(F)OCCOC(F)(F)C(F)(F)CC.CCCCCCCC. The summed E-state index contributed by atoms with van der Waals surface area (Å²) in [7, 11) is 0. The molecule has 0 rings (SSSR count). The van der Waals surface area contributed by atoms with Gasteiger partial charge in [0, 0.05) is 12.8 Å². The van der Waals surface area contributed by atoms with E-state index in [1.807, 2.05) is 0 Å². The molecule has 0 aliphatic heterocycles. The third-order valence-electron chi connectivity index (χ3n) is 3.85. The van der Waals surface area contributed by atoms with Crippen molar-refractivity contribution in [3.05, 3.63) is 0 Å². The Morgan fingerprint density at radius 2 is 0.786 bits per heavy atom. The molecule has 0 aromatic carbocycles. The highest BCUT2D eigenvalue weighted by Crippen LogP contribution is 2.39. The predicted molar refractivity (Wildman–Crippen MR) is 91.3 cm³/mol. The maximum Gasteiger partial charge on any atom is 0.419 e. The number of alkyl halides is 8. The number of rotatable bonds is 14. The summed E-state index contributed by atoms with van der Waals surface area (Å²) in [6, 6.07) is 0. The number of ether oxygens (including phenoxy) is 2. The third kappa shape index (κ3) is 10.8. The van der Waals surface area contributed by atoms with Crippen LogP contribution in [0, 0.1) is 0 Å². The van der Waals surface area contributed by atoms with E-state index in [1.54, 1.807) is 0 Å². The topological polar surface area (TPSA) is 18.5 Å². The first-order valence-corrected chi connectivity index (χ1v) is 9.53. The van der Waals surface area contributed by atoms with E-state index in [1.165, 1.54) is 38.5 Å². The van der Waals surface area contributed by atoms with Gasteiger partial charge >= 0.3 is 24.1 Å². The molecule has 0 spiro atoms. The minimum Gasteiger partial charge on any atom is -0.313 e. The summed E-state index contributed by atoms with van der Waals surface area (Å²) in [5, 5.41) is 0. The van der Waals surface area contributed by atoms with Crippen LogP contribution in [0.1, 0.15) is 79.1 Å². The van der Waals surface area contributed by atoms with Crippen molar-refractivity contribution in [1.82, 2.24) is 0 Å². The molecule has 2 nitrogen and oxygen atoms in total. The molecule has 10 heteroatoms. The third-order valence-corrected chi connectivity index (χ3v) is 3.85. The maximum absolute atomic E-state index is 12.8. The van der Waals surface area contributed by atoms with E-state index in [9.17, 15) is 35.1 Å². The molecule has 0 saturated heterocycles. The highest BCUT2D eigenvalue weighted by atomic mass is 19.3. The van der Waals surface area contributed by atoms with Crippen molar-refractivity contribution >= 4 is 0 Å². The van der Waals surface area contributed by atoms with Crippen molar-refractivity contribution in [2.75, 3.05) is 13.2 Å². The van der Waals surface area contributed by atoms with Crippen molar-refractivity contribution in [2.45, 2.75) is 103 Å². The molecule has 0 saturated carbocycles. The lowest BCUT2D eigenvalue weighted by Crippen LogP contribution is -2.45.